The standard InChI is InChI=1S/C16H16BrClFN/c1-9-6-12(19)7-10(2)15(9)16(20-3)13-8-11(17)4-5-14(13)18/h4-8,16,20H,1-3H3. The molecule has 0 aliphatic rings. The molecule has 2 aromatic rings. The van der Waals surface area contributed by atoms with E-state index in [1.807, 2.05) is 39.1 Å². The van der Waals surface area contributed by atoms with E-state index in [0.717, 1.165) is 26.7 Å². The summed E-state index contributed by atoms with van der Waals surface area (Å²) < 4.78 is 14.4. The second-order valence-electron chi connectivity index (χ2n) is 4.84. The van der Waals surface area contributed by atoms with E-state index in [0.29, 0.717) is 5.02 Å². The van der Waals surface area contributed by atoms with E-state index in [2.05, 4.69) is 21.2 Å². The van der Waals surface area contributed by atoms with Crippen LogP contribution in [0.25, 0.3) is 0 Å². The SMILES string of the molecule is CNC(c1cc(Br)ccc1Cl)c1c(C)cc(F)cc1C. The second-order valence-corrected chi connectivity index (χ2v) is 6.16. The fourth-order valence-corrected chi connectivity index (χ4v) is 3.17. The summed E-state index contributed by atoms with van der Waals surface area (Å²) in [5.74, 6) is -0.209. The van der Waals surface area contributed by atoms with Crippen LogP contribution >= 0.6 is 27.5 Å². The molecule has 1 N–H and O–H groups in total. The number of rotatable bonds is 3. The topological polar surface area (TPSA) is 12.0 Å². The van der Waals surface area contributed by atoms with Gasteiger partial charge in [-0.25, -0.2) is 4.39 Å². The molecule has 0 amide bonds. The lowest BCUT2D eigenvalue weighted by molar-refractivity contribution is 0.618. The summed E-state index contributed by atoms with van der Waals surface area (Å²) in [4.78, 5) is 0. The average Bonchev–Trinajstić information content (AvgIpc) is 2.37. The van der Waals surface area contributed by atoms with Gasteiger partial charge in [0.1, 0.15) is 5.82 Å². The molecule has 0 bridgehead atoms. The van der Waals surface area contributed by atoms with Crippen LogP contribution in [0.1, 0.15) is 28.3 Å². The molecule has 1 nitrogen and oxygen atoms in total. The summed E-state index contributed by atoms with van der Waals surface area (Å²) in [6.45, 7) is 3.84. The number of aryl methyl sites for hydroxylation is 2. The van der Waals surface area contributed by atoms with E-state index >= 15 is 0 Å². The first-order chi connectivity index (χ1) is 9.43. The van der Waals surface area contributed by atoms with Gasteiger partial charge in [0.05, 0.1) is 6.04 Å². The molecule has 0 saturated carbocycles. The van der Waals surface area contributed by atoms with Gasteiger partial charge < -0.3 is 5.32 Å². The van der Waals surface area contributed by atoms with Crippen molar-refractivity contribution in [1.29, 1.82) is 0 Å². The average molecular weight is 357 g/mol. The maximum atomic E-state index is 13.5. The van der Waals surface area contributed by atoms with Gasteiger partial charge in [-0.1, -0.05) is 27.5 Å². The maximum Gasteiger partial charge on any atom is 0.123 e. The Morgan fingerprint density at radius 1 is 1.15 bits per heavy atom. The third kappa shape index (κ3) is 3.05. The zero-order chi connectivity index (χ0) is 14.9. The molecule has 2 rings (SSSR count). The number of nitrogens with one attached hydrogen (secondary N) is 1. The van der Waals surface area contributed by atoms with Gasteiger partial charge >= 0.3 is 0 Å². The predicted octanol–water partition coefficient (Wildman–Crippen LogP) is 5.17. The lowest BCUT2D eigenvalue weighted by Crippen LogP contribution is -2.20. The van der Waals surface area contributed by atoms with Crippen molar-refractivity contribution in [2.75, 3.05) is 7.05 Å². The van der Waals surface area contributed by atoms with Gasteiger partial charge in [0.25, 0.3) is 0 Å². The molecular formula is C16H16BrClFN. The van der Waals surface area contributed by atoms with Crippen molar-refractivity contribution < 1.29 is 4.39 Å². The van der Waals surface area contributed by atoms with Crippen molar-refractivity contribution in [2.45, 2.75) is 19.9 Å². The van der Waals surface area contributed by atoms with E-state index in [9.17, 15) is 4.39 Å². The molecule has 106 valence electrons. The number of hydrogen-bond donors (Lipinski definition) is 1. The minimum absolute atomic E-state index is 0.0689. The fraction of sp³-hybridized carbons (Fsp3) is 0.250. The molecule has 0 heterocycles. The van der Waals surface area contributed by atoms with Crippen molar-refractivity contribution in [2.24, 2.45) is 0 Å². The molecule has 0 radical (unpaired) electrons. The highest BCUT2D eigenvalue weighted by Crippen LogP contribution is 2.34. The molecule has 1 atom stereocenters. The van der Waals surface area contributed by atoms with Crippen LogP contribution in [-0.2, 0) is 0 Å². The molecule has 0 aliphatic heterocycles. The van der Waals surface area contributed by atoms with Crippen molar-refractivity contribution in [3.05, 3.63) is 67.9 Å². The lowest BCUT2D eigenvalue weighted by Gasteiger charge is -2.23. The first-order valence-electron chi connectivity index (χ1n) is 6.33. The van der Waals surface area contributed by atoms with E-state index in [1.54, 1.807) is 12.1 Å². The van der Waals surface area contributed by atoms with Crippen molar-refractivity contribution in [1.82, 2.24) is 5.32 Å². The van der Waals surface area contributed by atoms with Crippen LogP contribution in [0.5, 0.6) is 0 Å². The molecule has 4 heteroatoms. The molecule has 0 aromatic heterocycles. The van der Waals surface area contributed by atoms with Crippen molar-refractivity contribution in [3.63, 3.8) is 0 Å². The summed E-state index contributed by atoms with van der Waals surface area (Å²) in [6, 6.07) is 8.80. The van der Waals surface area contributed by atoms with Crippen LogP contribution in [0.15, 0.2) is 34.8 Å². The maximum absolute atomic E-state index is 13.5. The highest BCUT2D eigenvalue weighted by molar-refractivity contribution is 9.10. The molecule has 2 aromatic carbocycles. The van der Waals surface area contributed by atoms with Gasteiger partial charge in [-0.05, 0) is 73.5 Å². The minimum Gasteiger partial charge on any atom is -0.309 e. The smallest absolute Gasteiger partial charge is 0.123 e. The highest BCUT2D eigenvalue weighted by atomic mass is 79.9. The van der Waals surface area contributed by atoms with Gasteiger partial charge in [-0.3, -0.25) is 0 Å². The first-order valence-corrected chi connectivity index (χ1v) is 7.50. The van der Waals surface area contributed by atoms with E-state index in [1.165, 1.54) is 0 Å². The number of hydrogen-bond acceptors (Lipinski definition) is 1. The Balaban J connectivity index is 2.61. The molecular weight excluding hydrogens is 341 g/mol. The summed E-state index contributed by atoms with van der Waals surface area (Å²) in [5, 5.41) is 3.97. The predicted molar refractivity (Wildman–Crippen MR) is 85.9 cm³/mol. The van der Waals surface area contributed by atoms with Crippen LogP contribution in [-0.4, -0.2) is 7.05 Å². The van der Waals surface area contributed by atoms with Gasteiger partial charge in [-0.2, -0.15) is 0 Å². The third-order valence-corrected chi connectivity index (χ3v) is 4.24. The summed E-state index contributed by atoms with van der Waals surface area (Å²) in [7, 11) is 1.88. The van der Waals surface area contributed by atoms with Crippen LogP contribution in [0.4, 0.5) is 4.39 Å². The zero-order valence-electron chi connectivity index (χ0n) is 11.6. The Kier molecular flexibility index (Phi) is 4.84. The molecule has 20 heavy (non-hydrogen) atoms. The molecule has 0 aliphatic carbocycles. The minimum atomic E-state index is -0.209. The second kappa shape index (κ2) is 6.25. The van der Waals surface area contributed by atoms with Gasteiger partial charge in [-0.15, -0.1) is 0 Å². The van der Waals surface area contributed by atoms with Crippen LogP contribution < -0.4 is 5.32 Å². The molecule has 1 unspecified atom stereocenters. The van der Waals surface area contributed by atoms with Crippen LogP contribution in [0.2, 0.25) is 5.02 Å². The highest BCUT2D eigenvalue weighted by Gasteiger charge is 2.20. The fourth-order valence-electron chi connectivity index (χ4n) is 2.57. The quantitative estimate of drug-likeness (QED) is 0.800. The molecule has 0 saturated heterocycles. The third-order valence-electron chi connectivity index (χ3n) is 3.40. The molecule has 0 fully saturated rings. The van der Waals surface area contributed by atoms with E-state index in [4.69, 9.17) is 11.6 Å². The normalized spacial score (nSPS) is 12.5. The van der Waals surface area contributed by atoms with Crippen molar-refractivity contribution in [3.8, 4) is 0 Å². The Bertz CT molecular complexity index is 619. The Morgan fingerprint density at radius 3 is 2.30 bits per heavy atom. The van der Waals surface area contributed by atoms with Gasteiger partial charge in [0, 0.05) is 9.50 Å². The lowest BCUT2D eigenvalue weighted by atomic mass is 9.91. The van der Waals surface area contributed by atoms with Crippen LogP contribution in [0.3, 0.4) is 0 Å². The zero-order valence-corrected chi connectivity index (χ0v) is 13.9. The summed E-state index contributed by atoms with van der Waals surface area (Å²) in [5.41, 5.74) is 3.87. The summed E-state index contributed by atoms with van der Waals surface area (Å²) in [6.07, 6.45) is 0. The summed E-state index contributed by atoms with van der Waals surface area (Å²) >= 11 is 9.79. The van der Waals surface area contributed by atoms with Crippen LogP contribution in [0, 0.1) is 19.7 Å². The number of halogens is 3. The monoisotopic (exact) mass is 355 g/mol. The Morgan fingerprint density at radius 2 is 1.75 bits per heavy atom. The number of benzene rings is 2. The van der Waals surface area contributed by atoms with Gasteiger partial charge in [0.15, 0.2) is 0 Å². The first kappa shape index (κ1) is 15.5. The Hall–Kier alpha value is -0.900. The van der Waals surface area contributed by atoms with E-state index in [-0.39, 0.29) is 11.9 Å². The van der Waals surface area contributed by atoms with Crippen molar-refractivity contribution >= 4 is 27.5 Å². The Labute approximate surface area is 132 Å². The largest absolute Gasteiger partial charge is 0.309 e. The van der Waals surface area contributed by atoms with E-state index < -0.39 is 0 Å². The molecule has 0 spiro atoms. The van der Waals surface area contributed by atoms with Gasteiger partial charge in [0.2, 0.25) is 0 Å².